The maximum atomic E-state index is 13.1. The molecule has 35 heavy (non-hydrogen) atoms. The number of hydrogen-bond donors (Lipinski definition) is 2. The number of carbonyl (C=O) groups excluding carboxylic acids is 4. The van der Waals surface area contributed by atoms with Crippen LogP contribution in [0.4, 0.5) is 17.1 Å². The van der Waals surface area contributed by atoms with Gasteiger partial charge < -0.3 is 10.6 Å². The fourth-order valence-corrected chi connectivity index (χ4v) is 3.91. The Bertz CT molecular complexity index is 1410. The molecule has 0 saturated carbocycles. The highest BCUT2D eigenvalue weighted by Crippen LogP contribution is 2.33. The van der Waals surface area contributed by atoms with Crippen LogP contribution in [0.15, 0.2) is 77.5 Å². The van der Waals surface area contributed by atoms with Gasteiger partial charge in [-0.15, -0.1) is 0 Å². The molecule has 0 bridgehead atoms. The molecule has 0 unspecified atom stereocenters. The minimum absolute atomic E-state index is 0.0707. The number of halogens is 2. The summed E-state index contributed by atoms with van der Waals surface area (Å²) in [5, 5.41) is 5.73. The molecule has 7 nitrogen and oxygen atoms in total. The zero-order valence-electron chi connectivity index (χ0n) is 18.7. The quantitative estimate of drug-likeness (QED) is 0.337. The third kappa shape index (κ3) is 4.96. The van der Waals surface area contributed by atoms with Gasteiger partial charge in [-0.05, 0) is 74.0 Å². The second-order valence-electron chi connectivity index (χ2n) is 7.86. The Kier molecular flexibility index (Phi) is 6.73. The summed E-state index contributed by atoms with van der Waals surface area (Å²) in [5.41, 5.74) is 2.67. The van der Waals surface area contributed by atoms with Crippen molar-refractivity contribution in [1.29, 1.82) is 0 Å². The fourth-order valence-electron chi connectivity index (χ4n) is 3.53. The first-order chi connectivity index (χ1) is 16.7. The Morgan fingerprint density at radius 2 is 1.54 bits per heavy atom. The van der Waals surface area contributed by atoms with E-state index in [0.29, 0.717) is 38.8 Å². The van der Waals surface area contributed by atoms with Crippen LogP contribution in [0.5, 0.6) is 0 Å². The number of carbonyl (C=O) groups is 4. The van der Waals surface area contributed by atoms with Crippen LogP contribution in [0.2, 0.25) is 5.02 Å². The van der Waals surface area contributed by atoms with Crippen molar-refractivity contribution in [3.63, 3.8) is 0 Å². The third-order valence-corrected chi connectivity index (χ3v) is 5.97. The lowest BCUT2D eigenvalue weighted by atomic mass is 10.1. The van der Waals surface area contributed by atoms with Gasteiger partial charge in [-0.2, -0.15) is 0 Å². The molecule has 176 valence electrons. The minimum Gasteiger partial charge on any atom is -0.350 e. The van der Waals surface area contributed by atoms with Crippen molar-refractivity contribution in [2.75, 3.05) is 15.5 Å². The van der Waals surface area contributed by atoms with Gasteiger partial charge in [0.05, 0.1) is 5.69 Å². The van der Waals surface area contributed by atoms with Gasteiger partial charge in [0.1, 0.15) is 10.7 Å². The van der Waals surface area contributed by atoms with E-state index in [1.54, 1.807) is 61.5 Å². The SMILES string of the molecule is CC(=O)c1ccc(NC(=O)c2cccc(NC3=C(Cl)C(=O)N(c4cc(Cl)ccc4C)C3=O)c2)cc1. The zero-order valence-corrected chi connectivity index (χ0v) is 20.2. The summed E-state index contributed by atoms with van der Waals surface area (Å²) >= 11 is 12.3. The van der Waals surface area contributed by atoms with E-state index in [9.17, 15) is 19.2 Å². The second-order valence-corrected chi connectivity index (χ2v) is 8.67. The summed E-state index contributed by atoms with van der Waals surface area (Å²) in [6.07, 6.45) is 0. The first-order valence-electron chi connectivity index (χ1n) is 10.5. The molecule has 0 spiro atoms. The normalized spacial score (nSPS) is 13.3. The number of ketones is 1. The third-order valence-electron chi connectivity index (χ3n) is 5.38. The topological polar surface area (TPSA) is 95.6 Å². The number of anilines is 3. The van der Waals surface area contributed by atoms with Gasteiger partial charge in [0.25, 0.3) is 17.7 Å². The van der Waals surface area contributed by atoms with Crippen molar-refractivity contribution in [2.24, 2.45) is 0 Å². The number of amides is 3. The van der Waals surface area contributed by atoms with E-state index in [0.717, 1.165) is 4.90 Å². The van der Waals surface area contributed by atoms with Crippen LogP contribution in [0, 0.1) is 6.92 Å². The van der Waals surface area contributed by atoms with E-state index in [4.69, 9.17) is 23.2 Å². The molecule has 3 aromatic carbocycles. The van der Waals surface area contributed by atoms with E-state index < -0.39 is 17.7 Å². The molecule has 1 heterocycles. The number of rotatable bonds is 6. The Labute approximate surface area is 211 Å². The number of nitrogens with one attached hydrogen (secondary N) is 2. The van der Waals surface area contributed by atoms with E-state index in [2.05, 4.69) is 10.6 Å². The first kappa shape index (κ1) is 24.2. The Morgan fingerprint density at radius 1 is 0.829 bits per heavy atom. The number of imide groups is 1. The Balaban J connectivity index is 1.53. The van der Waals surface area contributed by atoms with Crippen LogP contribution in [0.1, 0.15) is 33.2 Å². The standard InChI is InChI=1S/C26H19Cl2N3O4/c1-14-6-9-18(27)13-21(14)31-25(34)22(28)23(26(31)35)29-20-5-3-4-17(12-20)24(33)30-19-10-7-16(8-11-19)15(2)32/h3-13,29H,1-2H3,(H,30,33). The number of nitrogens with zero attached hydrogens (tertiary/aromatic N) is 1. The zero-order chi connectivity index (χ0) is 25.3. The van der Waals surface area contributed by atoms with Gasteiger partial charge in [0.2, 0.25) is 0 Å². The molecule has 0 aromatic heterocycles. The van der Waals surface area contributed by atoms with Crippen molar-refractivity contribution in [1.82, 2.24) is 0 Å². The molecule has 1 aliphatic heterocycles. The number of aryl methyl sites for hydroxylation is 1. The smallest absolute Gasteiger partial charge is 0.283 e. The summed E-state index contributed by atoms with van der Waals surface area (Å²) in [4.78, 5) is 51.0. The van der Waals surface area contributed by atoms with E-state index >= 15 is 0 Å². The van der Waals surface area contributed by atoms with E-state index in [1.165, 1.54) is 19.1 Å². The largest absolute Gasteiger partial charge is 0.350 e. The molecule has 0 saturated heterocycles. The van der Waals surface area contributed by atoms with Gasteiger partial charge >= 0.3 is 0 Å². The van der Waals surface area contributed by atoms with Gasteiger partial charge in [0.15, 0.2) is 5.78 Å². The monoisotopic (exact) mass is 507 g/mol. The average molecular weight is 508 g/mol. The molecular weight excluding hydrogens is 489 g/mol. The van der Waals surface area contributed by atoms with Gasteiger partial charge in [-0.1, -0.05) is 35.3 Å². The molecule has 3 aromatic rings. The maximum absolute atomic E-state index is 13.1. The van der Waals surface area contributed by atoms with Crippen LogP contribution in [-0.2, 0) is 9.59 Å². The highest BCUT2D eigenvalue weighted by molar-refractivity contribution is 6.53. The number of benzene rings is 3. The lowest BCUT2D eigenvalue weighted by Gasteiger charge is -2.18. The van der Waals surface area contributed by atoms with Crippen LogP contribution in [0.3, 0.4) is 0 Å². The number of Topliss-reactive ketones (excluding diaryl/α,β-unsaturated/α-hetero) is 1. The summed E-state index contributed by atoms with van der Waals surface area (Å²) in [5.74, 6) is -1.77. The lowest BCUT2D eigenvalue weighted by Crippen LogP contribution is -2.32. The van der Waals surface area contributed by atoms with Gasteiger partial charge in [-0.3, -0.25) is 19.2 Å². The molecular formula is C26H19Cl2N3O4. The highest BCUT2D eigenvalue weighted by Gasteiger charge is 2.39. The van der Waals surface area contributed by atoms with Crippen molar-refractivity contribution in [3.05, 3.63) is 99.2 Å². The number of hydrogen-bond acceptors (Lipinski definition) is 5. The molecule has 3 amide bonds. The Hall–Kier alpha value is -3.94. The molecule has 0 aliphatic carbocycles. The lowest BCUT2D eigenvalue weighted by molar-refractivity contribution is -0.120. The predicted molar refractivity (Wildman–Crippen MR) is 136 cm³/mol. The molecule has 4 rings (SSSR count). The molecule has 1 aliphatic rings. The predicted octanol–water partition coefficient (Wildman–Crippen LogP) is 5.54. The van der Waals surface area contributed by atoms with E-state index in [-0.39, 0.29) is 16.5 Å². The summed E-state index contributed by atoms with van der Waals surface area (Å²) in [6, 6.07) is 17.8. The minimum atomic E-state index is -0.674. The molecule has 2 N–H and O–H groups in total. The summed E-state index contributed by atoms with van der Waals surface area (Å²) in [7, 11) is 0. The van der Waals surface area contributed by atoms with E-state index in [1.807, 2.05) is 0 Å². The van der Waals surface area contributed by atoms with Gasteiger partial charge in [0, 0.05) is 27.5 Å². The van der Waals surface area contributed by atoms with Crippen LogP contribution >= 0.6 is 23.2 Å². The maximum Gasteiger partial charge on any atom is 0.283 e. The molecule has 0 radical (unpaired) electrons. The molecule has 0 fully saturated rings. The van der Waals surface area contributed by atoms with Crippen molar-refractivity contribution < 1.29 is 19.2 Å². The summed E-state index contributed by atoms with van der Waals surface area (Å²) < 4.78 is 0. The summed E-state index contributed by atoms with van der Waals surface area (Å²) in [6.45, 7) is 3.22. The van der Waals surface area contributed by atoms with Crippen molar-refractivity contribution in [2.45, 2.75) is 13.8 Å². The average Bonchev–Trinajstić information content (AvgIpc) is 3.04. The van der Waals surface area contributed by atoms with Crippen molar-refractivity contribution in [3.8, 4) is 0 Å². The highest BCUT2D eigenvalue weighted by atomic mass is 35.5. The fraction of sp³-hybridized carbons (Fsp3) is 0.0769. The molecule has 9 heteroatoms. The van der Waals surface area contributed by atoms with Crippen LogP contribution in [0.25, 0.3) is 0 Å². The molecule has 0 atom stereocenters. The van der Waals surface area contributed by atoms with Crippen LogP contribution in [-0.4, -0.2) is 23.5 Å². The van der Waals surface area contributed by atoms with Crippen LogP contribution < -0.4 is 15.5 Å². The second kappa shape index (κ2) is 9.74. The first-order valence-corrected chi connectivity index (χ1v) is 11.3. The van der Waals surface area contributed by atoms with Gasteiger partial charge in [-0.25, -0.2) is 4.90 Å². The van der Waals surface area contributed by atoms with Crippen molar-refractivity contribution >= 4 is 63.8 Å². The Morgan fingerprint density at radius 3 is 2.23 bits per heavy atom.